The first-order valence-corrected chi connectivity index (χ1v) is 10.9. The highest BCUT2D eigenvalue weighted by Gasteiger charge is 2.18. The van der Waals surface area contributed by atoms with Crippen LogP contribution in [0, 0.1) is 0 Å². The Hall–Kier alpha value is -2.86. The summed E-state index contributed by atoms with van der Waals surface area (Å²) in [5.74, 6) is -0.0893. The zero-order chi connectivity index (χ0) is 22.7. The van der Waals surface area contributed by atoms with Crippen LogP contribution < -0.4 is 16.4 Å². The van der Waals surface area contributed by atoms with E-state index in [2.05, 4.69) is 34.9 Å². The Kier molecular flexibility index (Phi) is 9.53. The van der Waals surface area contributed by atoms with Crippen molar-refractivity contribution in [3.05, 3.63) is 71.8 Å². The second-order valence-electron chi connectivity index (χ2n) is 8.65. The van der Waals surface area contributed by atoms with E-state index >= 15 is 0 Å². The Labute approximate surface area is 185 Å². The van der Waals surface area contributed by atoms with Gasteiger partial charge in [-0.3, -0.25) is 4.79 Å². The molecule has 0 aliphatic rings. The minimum atomic E-state index is -0.575. The van der Waals surface area contributed by atoms with E-state index in [1.807, 2.05) is 57.2 Å². The van der Waals surface area contributed by atoms with Gasteiger partial charge in [0.2, 0.25) is 5.91 Å². The van der Waals surface area contributed by atoms with Crippen LogP contribution in [0.2, 0.25) is 0 Å². The van der Waals surface area contributed by atoms with Crippen LogP contribution in [-0.4, -0.2) is 36.7 Å². The average molecular weight is 426 g/mol. The number of rotatable bonds is 10. The lowest BCUT2D eigenvalue weighted by Crippen LogP contribution is -2.42. The number of carbonyl (C=O) groups is 2. The van der Waals surface area contributed by atoms with Crippen molar-refractivity contribution >= 4 is 12.0 Å². The van der Waals surface area contributed by atoms with Crippen molar-refractivity contribution < 1.29 is 14.3 Å². The Morgan fingerprint density at radius 1 is 0.903 bits per heavy atom. The van der Waals surface area contributed by atoms with E-state index in [9.17, 15) is 9.59 Å². The van der Waals surface area contributed by atoms with Crippen molar-refractivity contribution in [2.24, 2.45) is 5.73 Å². The fraction of sp³-hybridized carbons (Fsp3) is 0.440. The molecular weight excluding hydrogens is 390 g/mol. The Balaban J connectivity index is 1.76. The lowest BCUT2D eigenvalue weighted by Gasteiger charge is -2.20. The molecule has 0 bridgehead atoms. The van der Waals surface area contributed by atoms with E-state index in [4.69, 9.17) is 10.5 Å². The quantitative estimate of drug-likeness (QED) is 0.502. The summed E-state index contributed by atoms with van der Waals surface area (Å²) in [6.07, 6.45) is 1.60. The van der Waals surface area contributed by atoms with Crippen molar-refractivity contribution in [3.8, 4) is 0 Å². The lowest BCUT2D eigenvalue weighted by atomic mass is 9.91. The number of hydrogen-bond donors (Lipinski definition) is 3. The fourth-order valence-electron chi connectivity index (χ4n) is 3.26. The van der Waals surface area contributed by atoms with E-state index in [0.717, 1.165) is 24.0 Å². The number of nitrogens with two attached hydrogens (primary N) is 1. The summed E-state index contributed by atoms with van der Waals surface area (Å²) in [6.45, 7) is 6.45. The largest absolute Gasteiger partial charge is 0.444 e. The van der Waals surface area contributed by atoms with E-state index in [0.29, 0.717) is 19.5 Å². The predicted molar refractivity (Wildman–Crippen MR) is 124 cm³/mol. The highest BCUT2D eigenvalue weighted by atomic mass is 16.6. The SMILES string of the molecule is CC(C)(C)OC(=O)NCCCC[C@H](N)C(=O)NCC(c1ccccc1)c1ccccc1. The summed E-state index contributed by atoms with van der Waals surface area (Å²) >= 11 is 0. The first-order valence-electron chi connectivity index (χ1n) is 10.9. The third kappa shape index (κ3) is 9.22. The van der Waals surface area contributed by atoms with E-state index < -0.39 is 17.7 Å². The van der Waals surface area contributed by atoms with Gasteiger partial charge in [-0.25, -0.2) is 4.79 Å². The normalized spacial score (nSPS) is 12.3. The zero-order valence-corrected chi connectivity index (χ0v) is 18.8. The van der Waals surface area contributed by atoms with Gasteiger partial charge >= 0.3 is 6.09 Å². The van der Waals surface area contributed by atoms with E-state index in [1.54, 1.807) is 0 Å². The number of alkyl carbamates (subject to hydrolysis) is 1. The van der Waals surface area contributed by atoms with Gasteiger partial charge in [0, 0.05) is 19.0 Å². The maximum atomic E-state index is 12.5. The molecule has 2 aromatic rings. The van der Waals surface area contributed by atoms with Gasteiger partial charge < -0.3 is 21.1 Å². The van der Waals surface area contributed by atoms with Crippen LogP contribution in [-0.2, 0) is 9.53 Å². The monoisotopic (exact) mass is 425 g/mol. The van der Waals surface area contributed by atoms with E-state index in [-0.39, 0.29) is 11.8 Å². The molecule has 4 N–H and O–H groups in total. The van der Waals surface area contributed by atoms with Crippen LogP contribution in [0.5, 0.6) is 0 Å². The number of benzene rings is 2. The number of hydrogen-bond acceptors (Lipinski definition) is 4. The molecule has 0 radical (unpaired) electrons. The third-order valence-corrected chi connectivity index (χ3v) is 4.83. The maximum Gasteiger partial charge on any atom is 0.407 e. The first kappa shape index (κ1) is 24.4. The molecule has 0 fully saturated rings. The summed E-state index contributed by atoms with van der Waals surface area (Å²) in [7, 11) is 0. The molecule has 0 spiro atoms. The van der Waals surface area contributed by atoms with Gasteiger partial charge in [0.05, 0.1) is 6.04 Å². The fourth-order valence-corrected chi connectivity index (χ4v) is 3.26. The van der Waals surface area contributed by atoms with Crippen molar-refractivity contribution in [2.45, 2.75) is 57.6 Å². The third-order valence-electron chi connectivity index (χ3n) is 4.83. The molecular formula is C25H35N3O3. The summed E-state index contributed by atoms with van der Waals surface area (Å²) in [6, 6.07) is 19.7. The standard InChI is InChI=1S/C25H35N3O3/c1-25(2,3)31-24(30)27-17-11-10-16-22(26)23(29)28-18-21(19-12-6-4-7-13-19)20-14-8-5-9-15-20/h4-9,12-15,21-22H,10-11,16-18,26H2,1-3H3,(H,27,30)(H,28,29)/t22-/m0/s1. The van der Waals surface area contributed by atoms with Gasteiger partial charge in [0.1, 0.15) is 5.60 Å². The second-order valence-corrected chi connectivity index (χ2v) is 8.65. The molecule has 2 amide bonds. The Bertz CT molecular complexity index is 764. The molecule has 168 valence electrons. The van der Waals surface area contributed by atoms with Gasteiger partial charge in [-0.2, -0.15) is 0 Å². The van der Waals surface area contributed by atoms with Crippen LogP contribution in [0.25, 0.3) is 0 Å². The number of carbonyl (C=O) groups excluding carboxylic acids is 2. The highest BCUT2D eigenvalue weighted by Crippen LogP contribution is 2.23. The smallest absolute Gasteiger partial charge is 0.407 e. The van der Waals surface area contributed by atoms with Crippen LogP contribution in [0.15, 0.2) is 60.7 Å². The highest BCUT2D eigenvalue weighted by molar-refractivity contribution is 5.81. The molecule has 0 aliphatic heterocycles. The van der Waals surface area contributed by atoms with Crippen molar-refractivity contribution in [1.29, 1.82) is 0 Å². The van der Waals surface area contributed by atoms with Crippen LogP contribution >= 0.6 is 0 Å². The summed E-state index contributed by atoms with van der Waals surface area (Å²) in [4.78, 5) is 24.1. The maximum absolute atomic E-state index is 12.5. The lowest BCUT2D eigenvalue weighted by molar-refractivity contribution is -0.122. The number of nitrogens with one attached hydrogen (secondary N) is 2. The molecule has 31 heavy (non-hydrogen) atoms. The van der Waals surface area contributed by atoms with Crippen LogP contribution in [0.1, 0.15) is 57.1 Å². The molecule has 0 aromatic heterocycles. The number of amides is 2. The van der Waals surface area contributed by atoms with Gasteiger partial charge in [-0.05, 0) is 51.2 Å². The molecule has 0 heterocycles. The first-order chi connectivity index (χ1) is 14.8. The number of unbranched alkanes of at least 4 members (excludes halogenated alkanes) is 1. The molecule has 6 nitrogen and oxygen atoms in total. The molecule has 0 aliphatic carbocycles. The van der Waals surface area contributed by atoms with Crippen LogP contribution in [0.3, 0.4) is 0 Å². The molecule has 2 aromatic carbocycles. The Morgan fingerprint density at radius 2 is 1.45 bits per heavy atom. The molecule has 0 saturated carbocycles. The molecule has 0 saturated heterocycles. The Morgan fingerprint density at radius 3 is 1.97 bits per heavy atom. The van der Waals surface area contributed by atoms with Crippen molar-refractivity contribution in [2.75, 3.05) is 13.1 Å². The minimum absolute atomic E-state index is 0.0663. The summed E-state index contributed by atoms with van der Waals surface area (Å²) < 4.78 is 5.19. The number of ether oxygens (including phenoxy) is 1. The summed E-state index contributed by atoms with van der Waals surface area (Å²) in [5, 5.41) is 5.73. The van der Waals surface area contributed by atoms with E-state index in [1.165, 1.54) is 0 Å². The van der Waals surface area contributed by atoms with Crippen molar-refractivity contribution in [3.63, 3.8) is 0 Å². The predicted octanol–water partition coefficient (Wildman–Crippen LogP) is 3.96. The summed E-state index contributed by atoms with van der Waals surface area (Å²) in [5.41, 5.74) is 7.87. The molecule has 1 atom stereocenters. The zero-order valence-electron chi connectivity index (χ0n) is 18.8. The van der Waals surface area contributed by atoms with Gasteiger partial charge in [-0.15, -0.1) is 0 Å². The minimum Gasteiger partial charge on any atom is -0.444 e. The topological polar surface area (TPSA) is 93.4 Å². The van der Waals surface area contributed by atoms with Gasteiger partial charge in [0.25, 0.3) is 0 Å². The second kappa shape index (κ2) is 12.1. The molecule has 0 unspecified atom stereocenters. The molecule has 6 heteroatoms. The van der Waals surface area contributed by atoms with Gasteiger partial charge in [0.15, 0.2) is 0 Å². The molecule has 2 rings (SSSR count). The van der Waals surface area contributed by atoms with Gasteiger partial charge in [-0.1, -0.05) is 60.7 Å². The average Bonchev–Trinajstić information content (AvgIpc) is 2.73. The van der Waals surface area contributed by atoms with Crippen molar-refractivity contribution in [1.82, 2.24) is 10.6 Å². The van der Waals surface area contributed by atoms with Crippen LogP contribution in [0.4, 0.5) is 4.79 Å².